The zero-order valence-corrected chi connectivity index (χ0v) is 19.5. The molecule has 2 amide bonds. The van der Waals surface area contributed by atoms with E-state index in [1.54, 1.807) is 31.2 Å². The first-order valence-electron chi connectivity index (χ1n) is 11.7. The number of hydrogen-bond donors (Lipinski definition) is 3. The van der Waals surface area contributed by atoms with Crippen LogP contribution in [0.1, 0.15) is 41.5 Å². The van der Waals surface area contributed by atoms with Crippen molar-refractivity contribution in [2.45, 2.75) is 38.3 Å². The lowest BCUT2D eigenvalue weighted by Gasteiger charge is -2.19. The molecule has 0 radical (unpaired) electrons. The molecule has 1 unspecified atom stereocenters. The fourth-order valence-electron chi connectivity index (χ4n) is 4.51. The first-order chi connectivity index (χ1) is 17.0. The normalized spacial score (nSPS) is 12.8. The highest BCUT2D eigenvalue weighted by molar-refractivity contribution is 5.85. The number of rotatable bonds is 9. The number of ether oxygens (including phenoxy) is 1. The zero-order valence-electron chi connectivity index (χ0n) is 19.5. The number of carboxylic acid groups (broad SMARTS) is 1. The Hall–Kier alpha value is -4.13. The summed E-state index contributed by atoms with van der Waals surface area (Å²) >= 11 is 0. The van der Waals surface area contributed by atoms with Gasteiger partial charge < -0.3 is 20.5 Å². The number of alkyl carbamates (subject to hydrolysis) is 1. The molecule has 0 aromatic heterocycles. The average molecular weight is 473 g/mol. The van der Waals surface area contributed by atoms with E-state index in [0.717, 1.165) is 27.8 Å². The topological polar surface area (TPSA) is 105 Å². The highest BCUT2D eigenvalue weighted by atomic mass is 16.5. The molecule has 7 nitrogen and oxygen atoms in total. The molecule has 0 fully saturated rings. The van der Waals surface area contributed by atoms with Crippen molar-refractivity contribution < 1.29 is 24.2 Å². The Bertz CT molecular complexity index is 1190. The number of carboxylic acids is 1. The number of hydrogen-bond acceptors (Lipinski definition) is 4. The summed E-state index contributed by atoms with van der Waals surface area (Å²) in [6.45, 7) is 2.14. The second kappa shape index (κ2) is 10.9. The van der Waals surface area contributed by atoms with Crippen LogP contribution in [0.3, 0.4) is 0 Å². The minimum atomic E-state index is -0.938. The summed E-state index contributed by atoms with van der Waals surface area (Å²) in [7, 11) is 0. The lowest BCUT2D eigenvalue weighted by molar-refractivity contribution is -0.136. The second-order valence-electron chi connectivity index (χ2n) is 8.49. The average Bonchev–Trinajstić information content (AvgIpc) is 3.18. The van der Waals surface area contributed by atoms with Gasteiger partial charge in [0.05, 0.1) is 6.42 Å². The summed E-state index contributed by atoms with van der Waals surface area (Å²) in [6.07, 6.45) is -0.395. The zero-order chi connectivity index (χ0) is 24.8. The van der Waals surface area contributed by atoms with Crippen LogP contribution in [0.4, 0.5) is 4.79 Å². The van der Waals surface area contributed by atoms with E-state index in [1.807, 2.05) is 36.4 Å². The number of fused-ring (bicyclic) bond motifs is 3. The van der Waals surface area contributed by atoms with Crippen LogP contribution in [-0.2, 0) is 27.3 Å². The molecule has 3 aromatic carbocycles. The van der Waals surface area contributed by atoms with E-state index in [2.05, 4.69) is 22.8 Å². The summed E-state index contributed by atoms with van der Waals surface area (Å²) in [5, 5.41) is 14.5. The van der Waals surface area contributed by atoms with Crippen molar-refractivity contribution in [3.63, 3.8) is 0 Å². The van der Waals surface area contributed by atoms with E-state index in [-0.39, 0.29) is 31.4 Å². The van der Waals surface area contributed by atoms with Crippen molar-refractivity contribution in [3.8, 4) is 11.1 Å². The Labute approximate surface area is 204 Å². The molecule has 0 saturated carbocycles. The van der Waals surface area contributed by atoms with E-state index < -0.39 is 18.1 Å². The van der Waals surface area contributed by atoms with E-state index >= 15 is 0 Å². The van der Waals surface area contributed by atoms with Crippen LogP contribution in [-0.4, -0.2) is 35.7 Å². The Morgan fingerprint density at radius 2 is 1.46 bits per heavy atom. The van der Waals surface area contributed by atoms with Gasteiger partial charge in [-0.3, -0.25) is 9.59 Å². The Morgan fingerprint density at radius 3 is 2.06 bits per heavy atom. The van der Waals surface area contributed by atoms with Gasteiger partial charge in [0.15, 0.2) is 0 Å². The van der Waals surface area contributed by atoms with Gasteiger partial charge in [-0.15, -0.1) is 0 Å². The van der Waals surface area contributed by atoms with Gasteiger partial charge in [-0.05, 0) is 39.8 Å². The van der Waals surface area contributed by atoms with Gasteiger partial charge in [0.25, 0.3) is 0 Å². The number of carbonyl (C=O) groups is 3. The molecule has 0 heterocycles. The van der Waals surface area contributed by atoms with Crippen LogP contribution >= 0.6 is 0 Å². The number of benzene rings is 3. The highest BCUT2D eigenvalue weighted by Gasteiger charge is 2.29. The molecular formula is C28H28N2O5. The maximum atomic E-state index is 12.7. The monoisotopic (exact) mass is 472 g/mol. The molecule has 0 bridgehead atoms. The maximum Gasteiger partial charge on any atom is 0.407 e. The fourth-order valence-corrected chi connectivity index (χ4v) is 4.51. The molecule has 4 rings (SSSR count). The Morgan fingerprint density at radius 1 is 0.886 bits per heavy atom. The lowest BCUT2D eigenvalue weighted by atomic mass is 9.98. The summed E-state index contributed by atoms with van der Waals surface area (Å²) in [5.41, 5.74) is 5.88. The quantitative estimate of drug-likeness (QED) is 0.432. The highest BCUT2D eigenvalue weighted by Crippen LogP contribution is 2.44. The van der Waals surface area contributed by atoms with Crippen LogP contribution in [0.2, 0.25) is 0 Å². The molecule has 0 spiro atoms. The Kier molecular flexibility index (Phi) is 7.45. The molecule has 1 aliphatic carbocycles. The summed E-state index contributed by atoms with van der Waals surface area (Å²) in [4.78, 5) is 36.4. The number of carbonyl (C=O) groups excluding carboxylic acids is 2. The molecule has 180 valence electrons. The van der Waals surface area contributed by atoms with E-state index in [4.69, 9.17) is 9.84 Å². The van der Waals surface area contributed by atoms with E-state index in [9.17, 15) is 14.4 Å². The maximum absolute atomic E-state index is 12.7. The molecule has 7 heteroatoms. The first kappa shape index (κ1) is 24.0. The minimum Gasteiger partial charge on any atom is -0.481 e. The van der Waals surface area contributed by atoms with Crippen molar-refractivity contribution in [1.82, 2.24) is 10.6 Å². The van der Waals surface area contributed by atoms with Crippen molar-refractivity contribution in [3.05, 3.63) is 95.1 Å². The van der Waals surface area contributed by atoms with Crippen molar-refractivity contribution in [2.75, 3.05) is 6.61 Å². The van der Waals surface area contributed by atoms with Crippen LogP contribution in [0.15, 0.2) is 72.8 Å². The van der Waals surface area contributed by atoms with Gasteiger partial charge in [-0.2, -0.15) is 0 Å². The molecular weight excluding hydrogens is 444 g/mol. The van der Waals surface area contributed by atoms with Gasteiger partial charge in [-0.25, -0.2) is 4.79 Å². The lowest BCUT2D eigenvalue weighted by Crippen LogP contribution is -2.46. The first-order valence-corrected chi connectivity index (χ1v) is 11.7. The van der Waals surface area contributed by atoms with Gasteiger partial charge >= 0.3 is 12.1 Å². The van der Waals surface area contributed by atoms with E-state index in [0.29, 0.717) is 12.0 Å². The summed E-state index contributed by atoms with van der Waals surface area (Å²) < 4.78 is 5.55. The van der Waals surface area contributed by atoms with Crippen LogP contribution < -0.4 is 10.6 Å². The van der Waals surface area contributed by atoms with E-state index in [1.165, 1.54) is 0 Å². The molecule has 35 heavy (non-hydrogen) atoms. The third-order valence-corrected chi connectivity index (χ3v) is 6.27. The summed E-state index contributed by atoms with van der Waals surface area (Å²) in [6, 6.07) is 22.5. The van der Waals surface area contributed by atoms with Crippen LogP contribution in [0, 0.1) is 0 Å². The second-order valence-corrected chi connectivity index (χ2v) is 8.49. The molecule has 1 aliphatic rings. The number of aliphatic carboxylic acids is 1. The van der Waals surface area contributed by atoms with Gasteiger partial charge in [0, 0.05) is 12.5 Å². The molecule has 0 aliphatic heterocycles. The van der Waals surface area contributed by atoms with Crippen LogP contribution in [0.25, 0.3) is 11.1 Å². The fraction of sp³-hybridized carbons (Fsp3) is 0.250. The van der Waals surface area contributed by atoms with Crippen LogP contribution in [0.5, 0.6) is 0 Å². The molecule has 0 saturated heterocycles. The van der Waals surface area contributed by atoms with Crippen molar-refractivity contribution >= 4 is 18.0 Å². The standard InChI is InChI=1S/C28H28N2O5/c1-2-25(27(33)29-16-19-10-4-3-9-18(19)15-26(31)32)30-28(34)35-17-24-22-13-7-5-11-20(22)21-12-6-8-14-23(21)24/h3-14,24-25H,2,15-17H2,1H3,(H,29,33)(H,30,34)(H,31,32). The number of amides is 2. The molecule has 1 atom stereocenters. The third kappa shape index (κ3) is 5.51. The third-order valence-electron chi connectivity index (χ3n) is 6.27. The number of nitrogens with one attached hydrogen (secondary N) is 2. The van der Waals surface area contributed by atoms with Crippen molar-refractivity contribution in [1.29, 1.82) is 0 Å². The predicted octanol–water partition coefficient (Wildman–Crippen LogP) is 4.25. The molecule has 3 N–H and O–H groups in total. The predicted molar refractivity (Wildman–Crippen MR) is 132 cm³/mol. The Balaban J connectivity index is 1.34. The van der Waals surface area contributed by atoms with Gasteiger partial charge in [-0.1, -0.05) is 79.7 Å². The van der Waals surface area contributed by atoms with Gasteiger partial charge in [0.1, 0.15) is 12.6 Å². The SMILES string of the molecule is CCC(NC(=O)OCC1c2ccccc2-c2ccccc21)C(=O)NCc1ccccc1CC(=O)O. The molecule has 3 aromatic rings. The summed E-state index contributed by atoms with van der Waals surface area (Å²) in [5.74, 6) is -1.36. The minimum absolute atomic E-state index is 0.0622. The van der Waals surface area contributed by atoms with Gasteiger partial charge in [0.2, 0.25) is 5.91 Å². The van der Waals surface area contributed by atoms with Crippen molar-refractivity contribution in [2.24, 2.45) is 0 Å². The largest absolute Gasteiger partial charge is 0.481 e. The smallest absolute Gasteiger partial charge is 0.407 e.